The van der Waals surface area contributed by atoms with E-state index in [0.717, 1.165) is 0 Å². The van der Waals surface area contributed by atoms with Crippen molar-refractivity contribution in [3.63, 3.8) is 0 Å². The van der Waals surface area contributed by atoms with E-state index in [-0.39, 0.29) is 24.3 Å². The number of aromatic hydroxyl groups is 1. The fourth-order valence-corrected chi connectivity index (χ4v) is 2.85. The molecule has 1 fully saturated rings. The van der Waals surface area contributed by atoms with Crippen LogP contribution in [-0.4, -0.2) is 36.0 Å². The van der Waals surface area contributed by atoms with Crippen LogP contribution >= 0.6 is 0 Å². The van der Waals surface area contributed by atoms with Crippen LogP contribution in [0.1, 0.15) is 58.0 Å². The van der Waals surface area contributed by atoms with Gasteiger partial charge in [-0.3, -0.25) is 4.79 Å². The number of benzene rings is 1. The molecule has 5 nitrogen and oxygen atoms in total. The van der Waals surface area contributed by atoms with Crippen LogP contribution < -0.4 is 0 Å². The zero-order valence-corrected chi connectivity index (χ0v) is 15.7. The van der Waals surface area contributed by atoms with Gasteiger partial charge in [0, 0.05) is 5.82 Å². The Kier molecular flexibility index (Phi) is 5.49. The molecule has 0 amide bonds. The molecular weight excluding hydrogens is 326 g/mol. The minimum absolute atomic E-state index is 0.0644. The zero-order chi connectivity index (χ0) is 19.0. The second-order valence-corrected chi connectivity index (χ2v) is 7.40. The first-order chi connectivity index (χ1) is 11.5. The van der Waals surface area contributed by atoms with Crippen LogP contribution in [0.3, 0.4) is 0 Å². The monoisotopic (exact) mass is 352 g/mol. The number of aryl methyl sites for hydroxylation is 1. The smallest absolute Gasteiger partial charge is 0.466 e. The number of esters is 1. The standard InChI is InChI=1S/C18H26BFO5/c1-7-23-15(21)10-14(13-9-12(20)8-11(2)16(13)22)19-24-17(3,4)18(5,6)25-19/h8-9,14,22H,7,10H2,1-6H3. The number of rotatable bonds is 5. The minimum atomic E-state index is -0.804. The van der Waals surface area contributed by atoms with E-state index >= 15 is 0 Å². The van der Waals surface area contributed by atoms with Crippen LogP contribution in [-0.2, 0) is 18.8 Å². The third kappa shape index (κ3) is 3.98. The van der Waals surface area contributed by atoms with Gasteiger partial charge in [-0.25, -0.2) is 4.39 Å². The lowest BCUT2D eigenvalue weighted by Crippen LogP contribution is -2.41. The van der Waals surface area contributed by atoms with Gasteiger partial charge < -0.3 is 19.2 Å². The third-order valence-electron chi connectivity index (χ3n) is 4.99. The zero-order valence-electron chi connectivity index (χ0n) is 15.7. The Hall–Kier alpha value is -1.60. The molecule has 1 saturated heterocycles. The lowest BCUT2D eigenvalue weighted by molar-refractivity contribution is -0.143. The first kappa shape index (κ1) is 19.7. The van der Waals surface area contributed by atoms with Crippen molar-refractivity contribution >= 4 is 13.1 Å². The number of phenols is 1. The summed E-state index contributed by atoms with van der Waals surface area (Å²) in [5.41, 5.74) is -0.546. The van der Waals surface area contributed by atoms with E-state index in [0.29, 0.717) is 5.56 Å². The van der Waals surface area contributed by atoms with Gasteiger partial charge in [0.2, 0.25) is 0 Å². The van der Waals surface area contributed by atoms with Crippen molar-refractivity contribution in [3.05, 3.63) is 29.1 Å². The molecule has 0 aliphatic carbocycles. The van der Waals surface area contributed by atoms with Gasteiger partial charge in [0.1, 0.15) is 11.6 Å². The van der Waals surface area contributed by atoms with E-state index in [9.17, 15) is 14.3 Å². The van der Waals surface area contributed by atoms with Crippen molar-refractivity contribution < 1.29 is 28.3 Å². The highest BCUT2D eigenvalue weighted by Crippen LogP contribution is 2.44. The average Bonchev–Trinajstić information content (AvgIpc) is 2.69. The largest absolute Gasteiger partial charge is 0.507 e. The molecule has 0 spiro atoms. The summed E-state index contributed by atoms with van der Waals surface area (Å²) in [4.78, 5) is 12.1. The minimum Gasteiger partial charge on any atom is -0.507 e. The summed E-state index contributed by atoms with van der Waals surface area (Å²) in [6.45, 7) is 11.1. The molecule has 1 atom stereocenters. The number of halogens is 1. The van der Waals surface area contributed by atoms with Gasteiger partial charge in [-0.05, 0) is 64.8 Å². The van der Waals surface area contributed by atoms with Gasteiger partial charge in [-0.15, -0.1) is 0 Å². The molecule has 1 aromatic carbocycles. The summed E-state index contributed by atoms with van der Waals surface area (Å²) >= 11 is 0. The van der Waals surface area contributed by atoms with Crippen molar-refractivity contribution in [3.8, 4) is 5.75 Å². The number of hydrogen-bond acceptors (Lipinski definition) is 5. The maximum atomic E-state index is 13.9. The Morgan fingerprint density at radius 3 is 2.36 bits per heavy atom. The molecule has 138 valence electrons. The molecule has 2 rings (SSSR count). The Bertz CT molecular complexity index is 643. The van der Waals surface area contributed by atoms with Crippen molar-refractivity contribution in [2.45, 2.75) is 65.0 Å². The summed E-state index contributed by atoms with van der Waals surface area (Å²) in [5, 5.41) is 10.4. The molecule has 7 heteroatoms. The molecule has 1 heterocycles. The highest BCUT2D eigenvalue weighted by molar-refractivity contribution is 6.48. The second-order valence-electron chi connectivity index (χ2n) is 7.40. The van der Waals surface area contributed by atoms with Crippen molar-refractivity contribution in [2.24, 2.45) is 0 Å². The Morgan fingerprint density at radius 2 is 1.84 bits per heavy atom. The Morgan fingerprint density at radius 1 is 1.28 bits per heavy atom. The first-order valence-electron chi connectivity index (χ1n) is 8.48. The number of carbonyl (C=O) groups excluding carboxylic acids is 1. The van der Waals surface area contributed by atoms with Gasteiger partial charge >= 0.3 is 13.1 Å². The highest BCUT2D eigenvalue weighted by Gasteiger charge is 2.54. The SMILES string of the molecule is CCOC(=O)CC(B1OC(C)(C)C(C)(C)O1)c1cc(F)cc(C)c1O. The molecule has 0 aromatic heterocycles. The fourth-order valence-electron chi connectivity index (χ4n) is 2.85. The van der Waals surface area contributed by atoms with Crippen LogP contribution in [0.2, 0.25) is 0 Å². The van der Waals surface area contributed by atoms with Gasteiger partial charge in [-0.2, -0.15) is 0 Å². The lowest BCUT2D eigenvalue weighted by atomic mass is 9.65. The summed E-state index contributed by atoms with van der Waals surface area (Å²) in [7, 11) is -0.804. The van der Waals surface area contributed by atoms with E-state index in [1.165, 1.54) is 12.1 Å². The third-order valence-corrected chi connectivity index (χ3v) is 4.99. The second kappa shape index (κ2) is 6.96. The molecule has 0 radical (unpaired) electrons. The van der Waals surface area contributed by atoms with Crippen LogP contribution in [0.4, 0.5) is 4.39 Å². The maximum Gasteiger partial charge on any atom is 0.466 e. The quantitative estimate of drug-likeness (QED) is 0.649. The van der Waals surface area contributed by atoms with E-state index in [1.807, 2.05) is 27.7 Å². The topological polar surface area (TPSA) is 65.0 Å². The summed E-state index contributed by atoms with van der Waals surface area (Å²) in [5.74, 6) is -1.70. The summed E-state index contributed by atoms with van der Waals surface area (Å²) in [6, 6.07) is 2.46. The van der Waals surface area contributed by atoms with Gasteiger partial charge in [-0.1, -0.05) is 0 Å². The summed E-state index contributed by atoms with van der Waals surface area (Å²) < 4.78 is 31.0. The number of ether oxygens (including phenoxy) is 1. The van der Waals surface area contributed by atoms with Crippen molar-refractivity contribution in [2.75, 3.05) is 6.61 Å². The maximum absolute atomic E-state index is 13.9. The normalized spacial score (nSPS) is 19.7. The fraction of sp³-hybridized carbons (Fsp3) is 0.611. The molecule has 0 bridgehead atoms. The van der Waals surface area contributed by atoms with Gasteiger partial charge in [0.25, 0.3) is 0 Å². The first-order valence-corrected chi connectivity index (χ1v) is 8.48. The van der Waals surface area contributed by atoms with Crippen LogP contribution in [0.5, 0.6) is 5.75 Å². The van der Waals surface area contributed by atoms with E-state index < -0.39 is 35.9 Å². The summed E-state index contributed by atoms with van der Waals surface area (Å²) in [6.07, 6.45) is -0.0822. The molecular formula is C18H26BFO5. The number of phenolic OH excluding ortho intramolecular Hbond substituents is 1. The molecule has 1 unspecified atom stereocenters. The van der Waals surface area contributed by atoms with Crippen molar-refractivity contribution in [1.29, 1.82) is 0 Å². The highest BCUT2D eigenvalue weighted by atomic mass is 19.1. The van der Waals surface area contributed by atoms with Gasteiger partial charge in [0.15, 0.2) is 0 Å². The predicted molar refractivity (Wildman–Crippen MR) is 92.9 cm³/mol. The number of hydrogen-bond donors (Lipinski definition) is 1. The van der Waals surface area contributed by atoms with Crippen LogP contribution in [0.15, 0.2) is 12.1 Å². The molecule has 25 heavy (non-hydrogen) atoms. The van der Waals surface area contributed by atoms with Crippen LogP contribution in [0.25, 0.3) is 0 Å². The van der Waals surface area contributed by atoms with Gasteiger partial charge in [0.05, 0.1) is 24.2 Å². The van der Waals surface area contributed by atoms with Crippen LogP contribution in [0, 0.1) is 12.7 Å². The lowest BCUT2D eigenvalue weighted by Gasteiger charge is -2.32. The number of carbonyl (C=O) groups is 1. The molecule has 1 N–H and O–H groups in total. The van der Waals surface area contributed by atoms with E-state index in [2.05, 4.69) is 0 Å². The van der Waals surface area contributed by atoms with E-state index in [4.69, 9.17) is 14.0 Å². The Labute approximate surface area is 148 Å². The molecule has 1 aliphatic heterocycles. The molecule has 1 aliphatic rings. The Balaban J connectivity index is 2.43. The van der Waals surface area contributed by atoms with Crippen molar-refractivity contribution in [1.82, 2.24) is 0 Å². The van der Waals surface area contributed by atoms with E-state index in [1.54, 1.807) is 13.8 Å². The predicted octanol–water partition coefficient (Wildman–Crippen LogP) is 3.51. The molecule has 1 aromatic rings. The average molecular weight is 352 g/mol. The molecule has 0 saturated carbocycles.